The molecular formula is C22H24ClN3O4. The number of amides is 4. The molecule has 0 spiro atoms. The van der Waals surface area contributed by atoms with Gasteiger partial charge in [0, 0.05) is 23.9 Å². The van der Waals surface area contributed by atoms with Crippen LogP contribution in [-0.2, 0) is 20.9 Å². The average Bonchev–Trinajstić information content (AvgIpc) is 2.95. The molecule has 2 aromatic rings. The van der Waals surface area contributed by atoms with Crippen LogP contribution in [0.1, 0.15) is 18.9 Å². The third-order valence-electron chi connectivity index (χ3n) is 4.75. The van der Waals surface area contributed by atoms with Gasteiger partial charge in [0.15, 0.2) is 0 Å². The number of nitrogens with one attached hydrogen (secondary N) is 1. The zero-order valence-electron chi connectivity index (χ0n) is 16.7. The molecule has 30 heavy (non-hydrogen) atoms. The summed E-state index contributed by atoms with van der Waals surface area (Å²) in [6.07, 6.45) is 0.633. The number of urea groups is 1. The molecule has 1 N–H and O–H groups in total. The van der Waals surface area contributed by atoms with E-state index in [2.05, 4.69) is 5.32 Å². The number of ether oxygens (including phenoxy) is 1. The first-order chi connectivity index (χ1) is 14.5. The Morgan fingerprint density at radius 3 is 2.50 bits per heavy atom. The molecule has 7 nitrogen and oxygen atoms in total. The first-order valence-electron chi connectivity index (χ1n) is 9.76. The van der Waals surface area contributed by atoms with Gasteiger partial charge < -0.3 is 10.1 Å². The molecule has 0 radical (unpaired) electrons. The van der Waals surface area contributed by atoms with Crippen LogP contribution in [0.25, 0.3) is 0 Å². The summed E-state index contributed by atoms with van der Waals surface area (Å²) in [5, 5.41) is 3.26. The summed E-state index contributed by atoms with van der Waals surface area (Å²) in [5.41, 5.74) is 1.65. The summed E-state index contributed by atoms with van der Waals surface area (Å²) < 4.78 is 5.57. The van der Waals surface area contributed by atoms with Crippen molar-refractivity contribution in [3.8, 4) is 0 Å². The van der Waals surface area contributed by atoms with E-state index in [1.165, 1.54) is 4.90 Å². The average molecular weight is 430 g/mol. The molecule has 8 heteroatoms. The fourth-order valence-corrected chi connectivity index (χ4v) is 3.30. The van der Waals surface area contributed by atoms with Crippen LogP contribution in [0.15, 0.2) is 54.6 Å². The Balaban J connectivity index is 1.42. The molecule has 1 saturated heterocycles. The van der Waals surface area contributed by atoms with Gasteiger partial charge in [0.2, 0.25) is 5.91 Å². The van der Waals surface area contributed by atoms with Crippen LogP contribution >= 0.6 is 11.6 Å². The molecule has 0 bridgehead atoms. The molecule has 2 aromatic carbocycles. The lowest BCUT2D eigenvalue weighted by Crippen LogP contribution is -2.41. The van der Waals surface area contributed by atoms with Crippen molar-refractivity contribution in [2.75, 3.05) is 24.6 Å². The standard InChI is InChI=1S/C22H24ClN3O4/c1-16-21(28)25(22(29)26(16)19-10-8-18(23)9-11-19)14-20(27)24-12-5-13-30-15-17-6-3-2-4-7-17/h2-4,6-11,16H,5,12-15H2,1H3,(H,24,27)/t16-/m0/s1. The normalized spacial score (nSPS) is 16.3. The summed E-state index contributed by atoms with van der Waals surface area (Å²) in [5.74, 6) is -0.791. The van der Waals surface area contributed by atoms with E-state index in [0.29, 0.717) is 36.9 Å². The van der Waals surface area contributed by atoms with E-state index in [-0.39, 0.29) is 12.5 Å². The van der Waals surface area contributed by atoms with Gasteiger partial charge in [-0.3, -0.25) is 19.4 Å². The monoisotopic (exact) mass is 429 g/mol. The van der Waals surface area contributed by atoms with Crippen LogP contribution in [-0.4, -0.2) is 48.5 Å². The summed E-state index contributed by atoms with van der Waals surface area (Å²) in [7, 11) is 0. The van der Waals surface area contributed by atoms with Crippen molar-refractivity contribution in [2.45, 2.75) is 26.0 Å². The van der Waals surface area contributed by atoms with Gasteiger partial charge in [-0.25, -0.2) is 4.79 Å². The third kappa shape index (κ3) is 5.37. The van der Waals surface area contributed by atoms with Crippen molar-refractivity contribution in [3.63, 3.8) is 0 Å². The van der Waals surface area contributed by atoms with Crippen molar-refractivity contribution in [1.82, 2.24) is 10.2 Å². The highest BCUT2D eigenvalue weighted by molar-refractivity contribution is 6.30. The van der Waals surface area contributed by atoms with Gasteiger partial charge in [-0.05, 0) is 43.2 Å². The van der Waals surface area contributed by atoms with Gasteiger partial charge >= 0.3 is 6.03 Å². The molecule has 1 aliphatic heterocycles. The van der Waals surface area contributed by atoms with E-state index in [0.717, 1.165) is 10.5 Å². The Bertz CT molecular complexity index is 889. The van der Waals surface area contributed by atoms with E-state index in [1.807, 2.05) is 30.3 Å². The number of anilines is 1. The van der Waals surface area contributed by atoms with E-state index >= 15 is 0 Å². The molecular weight excluding hydrogens is 406 g/mol. The lowest BCUT2D eigenvalue weighted by Gasteiger charge is -2.19. The second-order valence-corrected chi connectivity index (χ2v) is 7.41. The lowest BCUT2D eigenvalue weighted by molar-refractivity contribution is -0.131. The maximum atomic E-state index is 12.7. The number of hydrogen-bond donors (Lipinski definition) is 1. The number of carbonyl (C=O) groups is 3. The molecule has 0 unspecified atom stereocenters. The first-order valence-corrected chi connectivity index (χ1v) is 10.1. The summed E-state index contributed by atoms with van der Waals surface area (Å²) in [6.45, 7) is 2.75. The smallest absolute Gasteiger partial charge is 0.332 e. The molecule has 1 fully saturated rings. The molecule has 0 aromatic heterocycles. The first kappa shape index (κ1) is 21.8. The van der Waals surface area contributed by atoms with E-state index < -0.39 is 18.0 Å². The Labute approximate surface area is 180 Å². The molecule has 0 aliphatic carbocycles. The van der Waals surface area contributed by atoms with Gasteiger partial charge in [0.05, 0.1) is 6.61 Å². The summed E-state index contributed by atoms with van der Waals surface area (Å²) >= 11 is 5.89. The van der Waals surface area contributed by atoms with E-state index in [9.17, 15) is 14.4 Å². The highest BCUT2D eigenvalue weighted by Crippen LogP contribution is 2.26. The van der Waals surface area contributed by atoms with Crippen molar-refractivity contribution in [1.29, 1.82) is 0 Å². The van der Waals surface area contributed by atoms with Crippen LogP contribution in [0, 0.1) is 0 Å². The Kier molecular flexibility index (Phi) is 7.43. The molecule has 158 valence electrons. The predicted octanol–water partition coefficient (Wildman–Crippen LogP) is 3.22. The molecule has 3 rings (SSSR count). The van der Waals surface area contributed by atoms with Gasteiger partial charge in [0.25, 0.3) is 5.91 Å². The maximum Gasteiger partial charge on any atom is 0.332 e. The Morgan fingerprint density at radius 1 is 1.10 bits per heavy atom. The van der Waals surface area contributed by atoms with Crippen LogP contribution in [0.5, 0.6) is 0 Å². The van der Waals surface area contributed by atoms with Gasteiger partial charge in [-0.15, -0.1) is 0 Å². The fourth-order valence-electron chi connectivity index (χ4n) is 3.17. The predicted molar refractivity (Wildman–Crippen MR) is 114 cm³/mol. The highest BCUT2D eigenvalue weighted by atomic mass is 35.5. The molecule has 1 atom stereocenters. The van der Waals surface area contributed by atoms with Gasteiger partial charge in [-0.2, -0.15) is 0 Å². The quantitative estimate of drug-likeness (QED) is 0.490. The van der Waals surface area contributed by atoms with E-state index in [4.69, 9.17) is 16.3 Å². The molecule has 4 amide bonds. The number of halogens is 1. The Hall–Kier alpha value is -2.90. The molecule has 1 aliphatic rings. The summed E-state index contributed by atoms with van der Waals surface area (Å²) in [4.78, 5) is 39.7. The zero-order valence-corrected chi connectivity index (χ0v) is 17.5. The van der Waals surface area contributed by atoms with Crippen LogP contribution in [0.2, 0.25) is 5.02 Å². The highest BCUT2D eigenvalue weighted by Gasteiger charge is 2.43. The number of benzene rings is 2. The van der Waals surface area contributed by atoms with Crippen molar-refractivity contribution in [3.05, 3.63) is 65.2 Å². The SMILES string of the molecule is C[C@H]1C(=O)N(CC(=O)NCCCOCc2ccccc2)C(=O)N1c1ccc(Cl)cc1. The van der Waals surface area contributed by atoms with Crippen LogP contribution < -0.4 is 10.2 Å². The lowest BCUT2D eigenvalue weighted by atomic mass is 10.2. The Morgan fingerprint density at radius 2 is 1.80 bits per heavy atom. The maximum absolute atomic E-state index is 12.7. The minimum atomic E-state index is -0.683. The molecule has 0 saturated carbocycles. The number of rotatable bonds is 9. The van der Waals surface area contributed by atoms with Gasteiger partial charge in [-0.1, -0.05) is 41.9 Å². The van der Waals surface area contributed by atoms with Crippen molar-refractivity contribution < 1.29 is 19.1 Å². The van der Waals surface area contributed by atoms with Crippen LogP contribution in [0.4, 0.5) is 10.5 Å². The summed E-state index contributed by atoms with van der Waals surface area (Å²) in [6, 6.07) is 15.3. The minimum Gasteiger partial charge on any atom is -0.377 e. The van der Waals surface area contributed by atoms with E-state index in [1.54, 1.807) is 31.2 Å². The topological polar surface area (TPSA) is 79.0 Å². The number of hydrogen-bond acceptors (Lipinski definition) is 4. The zero-order chi connectivity index (χ0) is 21.5. The van der Waals surface area contributed by atoms with Gasteiger partial charge in [0.1, 0.15) is 12.6 Å². The number of imide groups is 1. The van der Waals surface area contributed by atoms with Crippen molar-refractivity contribution >= 4 is 35.1 Å². The molecule has 1 heterocycles. The van der Waals surface area contributed by atoms with Crippen molar-refractivity contribution in [2.24, 2.45) is 0 Å². The fraction of sp³-hybridized carbons (Fsp3) is 0.318. The largest absolute Gasteiger partial charge is 0.377 e. The number of carbonyl (C=O) groups excluding carboxylic acids is 3. The third-order valence-corrected chi connectivity index (χ3v) is 5.01. The second-order valence-electron chi connectivity index (χ2n) is 6.97. The second kappa shape index (κ2) is 10.2. The van der Waals surface area contributed by atoms with Crippen LogP contribution in [0.3, 0.4) is 0 Å². The minimum absolute atomic E-state index is 0.309. The number of nitrogens with zero attached hydrogens (tertiary/aromatic N) is 2.